The molecule has 1 aromatic rings. The summed E-state index contributed by atoms with van der Waals surface area (Å²) in [5, 5.41) is 8.54. The Hall–Kier alpha value is -1.84. The van der Waals surface area contributed by atoms with Gasteiger partial charge >= 0.3 is 5.97 Å². The van der Waals surface area contributed by atoms with Gasteiger partial charge in [0, 0.05) is 6.42 Å². The lowest BCUT2D eigenvalue weighted by Crippen LogP contribution is -2.07. The molecule has 4 heteroatoms. The van der Waals surface area contributed by atoms with E-state index in [4.69, 9.17) is 9.84 Å². The second-order valence-corrected chi connectivity index (χ2v) is 3.66. The van der Waals surface area contributed by atoms with E-state index in [0.717, 1.165) is 6.42 Å². The van der Waals surface area contributed by atoms with Crippen molar-refractivity contribution in [2.75, 3.05) is 6.61 Å². The number of carboxylic acid groups (broad SMARTS) is 1. The molecule has 0 aliphatic carbocycles. The van der Waals surface area contributed by atoms with Gasteiger partial charge < -0.3 is 9.84 Å². The largest absolute Gasteiger partial charge is 0.493 e. The Balaban J connectivity index is 2.74. The van der Waals surface area contributed by atoms with Crippen molar-refractivity contribution in [1.29, 1.82) is 0 Å². The minimum atomic E-state index is -0.967. The molecule has 0 aliphatic rings. The quantitative estimate of drug-likeness (QED) is 0.739. The van der Waals surface area contributed by atoms with Crippen LogP contribution in [-0.2, 0) is 4.79 Å². The van der Waals surface area contributed by atoms with Crippen LogP contribution in [0.2, 0.25) is 0 Å². The van der Waals surface area contributed by atoms with Crippen LogP contribution in [0.3, 0.4) is 0 Å². The molecule has 0 spiro atoms. The van der Waals surface area contributed by atoms with E-state index in [0.29, 0.717) is 17.9 Å². The normalized spacial score (nSPS) is 9.94. The zero-order chi connectivity index (χ0) is 12.7. The number of ketones is 1. The molecule has 0 aromatic heterocycles. The third-order valence-corrected chi connectivity index (χ3v) is 2.22. The number of carbonyl (C=O) groups excluding carboxylic acids is 1. The molecule has 0 saturated heterocycles. The summed E-state index contributed by atoms with van der Waals surface area (Å²) in [4.78, 5) is 22.2. The van der Waals surface area contributed by atoms with Crippen LogP contribution in [0.4, 0.5) is 0 Å². The van der Waals surface area contributed by atoms with E-state index in [1.807, 2.05) is 6.92 Å². The van der Waals surface area contributed by atoms with Crippen LogP contribution in [-0.4, -0.2) is 23.5 Å². The summed E-state index contributed by atoms with van der Waals surface area (Å²) in [7, 11) is 0. The maximum atomic E-state index is 11.8. The summed E-state index contributed by atoms with van der Waals surface area (Å²) in [5.41, 5.74) is 0.460. The molecule has 0 radical (unpaired) electrons. The average Bonchev–Trinajstić information content (AvgIpc) is 2.33. The topological polar surface area (TPSA) is 63.6 Å². The predicted octanol–water partition coefficient (Wildman–Crippen LogP) is 2.52. The van der Waals surface area contributed by atoms with Gasteiger partial charge in [0.1, 0.15) is 5.75 Å². The van der Waals surface area contributed by atoms with E-state index in [-0.39, 0.29) is 18.6 Å². The average molecular weight is 236 g/mol. The monoisotopic (exact) mass is 236 g/mol. The number of aliphatic carboxylic acids is 1. The highest BCUT2D eigenvalue weighted by molar-refractivity contribution is 5.99. The minimum Gasteiger partial charge on any atom is -0.493 e. The fourth-order valence-corrected chi connectivity index (χ4v) is 1.39. The molecule has 92 valence electrons. The van der Waals surface area contributed by atoms with Crippen molar-refractivity contribution in [3.05, 3.63) is 29.8 Å². The first-order valence-electron chi connectivity index (χ1n) is 5.62. The van der Waals surface area contributed by atoms with Crippen LogP contribution in [0.15, 0.2) is 24.3 Å². The van der Waals surface area contributed by atoms with Gasteiger partial charge in [-0.3, -0.25) is 9.59 Å². The van der Waals surface area contributed by atoms with Crippen LogP contribution in [0.25, 0.3) is 0 Å². The lowest BCUT2D eigenvalue weighted by molar-refractivity contribution is -0.136. The van der Waals surface area contributed by atoms with Crippen LogP contribution in [0.5, 0.6) is 5.75 Å². The van der Waals surface area contributed by atoms with Crippen molar-refractivity contribution in [3.8, 4) is 5.75 Å². The van der Waals surface area contributed by atoms with Gasteiger partial charge in [-0.1, -0.05) is 19.1 Å². The Morgan fingerprint density at radius 2 is 1.94 bits per heavy atom. The Bertz CT molecular complexity index is 398. The Kier molecular flexibility index (Phi) is 5.20. The molecular formula is C13H16O4. The molecule has 4 nitrogen and oxygen atoms in total. The zero-order valence-electron chi connectivity index (χ0n) is 9.81. The summed E-state index contributed by atoms with van der Waals surface area (Å²) in [6.45, 7) is 2.53. The molecule has 0 bridgehead atoms. The van der Waals surface area contributed by atoms with Crippen molar-refractivity contribution < 1.29 is 19.4 Å². The summed E-state index contributed by atoms with van der Waals surface area (Å²) >= 11 is 0. The summed E-state index contributed by atoms with van der Waals surface area (Å²) in [6, 6.07) is 6.92. The maximum Gasteiger partial charge on any atom is 0.303 e. The first kappa shape index (κ1) is 13.2. The molecule has 0 unspecified atom stereocenters. The molecule has 0 saturated carbocycles. The fraction of sp³-hybridized carbons (Fsp3) is 0.385. The number of hydrogen-bond donors (Lipinski definition) is 1. The number of para-hydroxylation sites is 1. The SMILES string of the molecule is CCCOc1ccccc1C(=O)CCC(=O)O. The molecule has 0 fully saturated rings. The van der Waals surface area contributed by atoms with Crippen molar-refractivity contribution in [1.82, 2.24) is 0 Å². The van der Waals surface area contributed by atoms with E-state index in [2.05, 4.69) is 0 Å². The number of carboxylic acids is 1. The minimum absolute atomic E-state index is 0.00182. The third kappa shape index (κ3) is 4.26. The van der Waals surface area contributed by atoms with Gasteiger partial charge in [-0.05, 0) is 18.6 Å². The number of carbonyl (C=O) groups is 2. The number of Topliss-reactive ketones (excluding diaryl/α,β-unsaturated/α-hetero) is 1. The Morgan fingerprint density at radius 3 is 2.59 bits per heavy atom. The van der Waals surface area contributed by atoms with E-state index >= 15 is 0 Å². The molecule has 1 rings (SSSR count). The lowest BCUT2D eigenvalue weighted by Gasteiger charge is -2.09. The summed E-state index contributed by atoms with van der Waals surface area (Å²) in [6.07, 6.45) is 0.709. The number of hydrogen-bond acceptors (Lipinski definition) is 3. The molecule has 1 N–H and O–H groups in total. The standard InChI is InChI=1S/C13H16O4/c1-2-9-17-12-6-4-3-5-10(12)11(14)7-8-13(15)16/h3-6H,2,7-9H2,1H3,(H,15,16). The van der Waals surface area contributed by atoms with Crippen LogP contribution >= 0.6 is 0 Å². The van der Waals surface area contributed by atoms with Crippen molar-refractivity contribution >= 4 is 11.8 Å². The maximum absolute atomic E-state index is 11.8. The first-order chi connectivity index (χ1) is 8.15. The second kappa shape index (κ2) is 6.68. The van der Waals surface area contributed by atoms with Crippen LogP contribution < -0.4 is 4.74 Å². The zero-order valence-corrected chi connectivity index (χ0v) is 9.81. The van der Waals surface area contributed by atoms with Gasteiger partial charge in [0.2, 0.25) is 0 Å². The molecule has 0 atom stereocenters. The molecule has 0 aliphatic heterocycles. The Labute approximate surface area is 100 Å². The molecule has 17 heavy (non-hydrogen) atoms. The second-order valence-electron chi connectivity index (χ2n) is 3.66. The van der Waals surface area contributed by atoms with E-state index < -0.39 is 5.97 Å². The molecule has 1 aromatic carbocycles. The van der Waals surface area contributed by atoms with Gasteiger partial charge in [0.25, 0.3) is 0 Å². The van der Waals surface area contributed by atoms with Crippen molar-refractivity contribution in [2.45, 2.75) is 26.2 Å². The van der Waals surface area contributed by atoms with Gasteiger partial charge in [0.05, 0.1) is 18.6 Å². The van der Waals surface area contributed by atoms with E-state index in [1.165, 1.54) is 0 Å². The Morgan fingerprint density at radius 1 is 1.24 bits per heavy atom. The summed E-state index contributed by atoms with van der Waals surface area (Å²) in [5.74, 6) is -0.630. The van der Waals surface area contributed by atoms with Gasteiger partial charge in [-0.15, -0.1) is 0 Å². The fourth-order valence-electron chi connectivity index (χ4n) is 1.39. The van der Waals surface area contributed by atoms with Crippen molar-refractivity contribution in [3.63, 3.8) is 0 Å². The predicted molar refractivity (Wildman–Crippen MR) is 63.4 cm³/mol. The molecule has 0 amide bonds. The highest BCUT2D eigenvalue weighted by Crippen LogP contribution is 2.20. The number of rotatable bonds is 7. The van der Waals surface area contributed by atoms with E-state index in [9.17, 15) is 9.59 Å². The van der Waals surface area contributed by atoms with Gasteiger partial charge in [-0.25, -0.2) is 0 Å². The molecule has 0 heterocycles. The van der Waals surface area contributed by atoms with Gasteiger partial charge in [-0.2, -0.15) is 0 Å². The van der Waals surface area contributed by atoms with Crippen molar-refractivity contribution in [2.24, 2.45) is 0 Å². The highest BCUT2D eigenvalue weighted by atomic mass is 16.5. The van der Waals surface area contributed by atoms with Crippen LogP contribution in [0.1, 0.15) is 36.5 Å². The number of benzene rings is 1. The lowest BCUT2D eigenvalue weighted by atomic mass is 10.1. The first-order valence-corrected chi connectivity index (χ1v) is 5.62. The summed E-state index contributed by atoms with van der Waals surface area (Å²) < 4.78 is 5.45. The van der Waals surface area contributed by atoms with Crippen LogP contribution in [0, 0.1) is 0 Å². The molecular weight excluding hydrogens is 220 g/mol. The highest BCUT2D eigenvalue weighted by Gasteiger charge is 2.13. The number of ether oxygens (including phenoxy) is 1. The van der Waals surface area contributed by atoms with Gasteiger partial charge in [0.15, 0.2) is 5.78 Å². The smallest absolute Gasteiger partial charge is 0.303 e. The van der Waals surface area contributed by atoms with E-state index in [1.54, 1.807) is 24.3 Å². The third-order valence-electron chi connectivity index (χ3n) is 2.22.